The van der Waals surface area contributed by atoms with Gasteiger partial charge in [0.15, 0.2) is 0 Å². The van der Waals surface area contributed by atoms with E-state index in [4.69, 9.17) is 12.6 Å². The minimum atomic E-state index is 0.866. The molecule has 1 heterocycles. The van der Waals surface area contributed by atoms with Gasteiger partial charge in [-0.2, -0.15) is 0 Å². The summed E-state index contributed by atoms with van der Waals surface area (Å²) in [5.41, 5.74) is 1.00. The highest BCUT2D eigenvalue weighted by Gasteiger charge is 1.92. The Morgan fingerprint density at radius 2 is 2.09 bits per heavy atom. The van der Waals surface area contributed by atoms with Crippen molar-refractivity contribution in [3.05, 3.63) is 36.5 Å². The van der Waals surface area contributed by atoms with Crippen LogP contribution in [0.25, 0.3) is 10.9 Å². The summed E-state index contributed by atoms with van der Waals surface area (Å²) in [6.07, 6.45) is 1.78. The molecular formula is C9H6NS. The molecule has 0 aliphatic heterocycles. The van der Waals surface area contributed by atoms with E-state index in [1.54, 1.807) is 6.20 Å². The van der Waals surface area contributed by atoms with Gasteiger partial charge in [0.2, 0.25) is 0 Å². The maximum Gasteiger partial charge on any atom is 0.0702 e. The maximum absolute atomic E-state index is 5.01. The summed E-state index contributed by atoms with van der Waals surface area (Å²) in [5, 5.41) is 1.11. The van der Waals surface area contributed by atoms with Crippen molar-refractivity contribution in [2.75, 3.05) is 0 Å². The Balaban J connectivity index is 2.83. The summed E-state index contributed by atoms with van der Waals surface area (Å²) in [6.45, 7) is 0. The highest BCUT2D eigenvalue weighted by Crippen LogP contribution is 2.14. The van der Waals surface area contributed by atoms with E-state index in [0.29, 0.717) is 0 Å². The van der Waals surface area contributed by atoms with Gasteiger partial charge in [0.25, 0.3) is 0 Å². The van der Waals surface area contributed by atoms with Gasteiger partial charge < -0.3 is 0 Å². The molecule has 0 atom stereocenters. The van der Waals surface area contributed by atoms with Gasteiger partial charge in [-0.15, -0.1) is 0 Å². The first kappa shape index (κ1) is 6.55. The largest absolute Gasteiger partial charge is 0.256 e. The van der Waals surface area contributed by atoms with Crippen LogP contribution in [0, 0.1) is 0 Å². The van der Waals surface area contributed by atoms with Gasteiger partial charge in [-0.3, -0.25) is 4.98 Å². The first-order valence-electron chi connectivity index (χ1n) is 3.38. The molecule has 1 nitrogen and oxygen atoms in total. The summed E-state index contributed by atoms with van der Waals surface area (Å²) in [6, 6.07) is 9.72. The Morgan fingerprint density at radius 1 is 1.18 bits per heavy atom. The van der Waals surface area contributed by atoms with Gasteiger partial charge in [-0.1, -0.05) is 18.7 Å². The summed E-state index contributed by atoms with van der Waals surface area (Å²) in [7, 11) is 0. The zero-order valence-corrected chi connectivity index (χ0v) is 6.64. The first-order valence-corrected chi connectivity index (χ1v) is 3.79. The van der Waals surface area contributed by atoms with Gasteiger partial charge in [0.05, 0.1) is 5.52 Å². The van der Waals surface area contributed by atoms with Crippen molar-refractivity contribution in [3.63, 3.8) is 0 Å². The molecule has 2 heteroatoms. The molecule has 0 bridgehead atoms. The first-order chi connectivity index (χ1) is 5.36. The lowest BCUT2D eigenvalue weighted by molar-refractivity contribution is 1.39. The third kappa shape index (κ3) is 1.17. The van der Waals surface area contributed by atoms with Crippen molar-refractivity contribution >= 4 is 23.5 Å². The Hall–Kier alpha value is -1.15. The molecule has 0 amide bonds. The highest BCUT2D eigenvalue weighted by molar-refractivity contribution is 7.80. The molecule has 1 radical (unpaired) electrons. The number of hydrogen-bond acceptors (Lipinski definition) is 1. The predicted octanol–water partition coefficient (Wildman–Crippen LogP) is 2.79. The summed E-state index contributed by atoms with van der Waals surface area (Å²) < 4.78 is 0. The van der Waals surface area contributed by atoms with Crippen molar-refractivity contribution in [3.8, 4) is 0 Å². The van der Waals surface area contributed by atoms with E-state index in [-0.39, 0.29) is 0 Å². The normalized spacial score (nSPS) is 10.2. The van der Waals surface area contributed by atoms with Crippen LogP contribution in [0.15, 0.2) is 41.4 Å². The summed E-state index contributed by atoms with van der Waals surface area (Å²) >= 11 is 5.01. The third-order valence-corrected chi connectivity index (χ3v) is 1.83. The van der Waals surface area contributed by atoms with Crippen LogP contribution in [0.3, 0.4) is 0 Å². The lowest BCUT2D eigenvalue weighted by Crippen LogP contribution is -1.75. The van der Waals surface area contributed by atoms with Gasteiger partial charge in [0.1, 0.15) is 0 Å². The second-order valence-corrected chi connectivity index (χ2v) is 2.83. The van der Waals surface area contributed by atoms with Crippen LogP contribution in [0.2, 0.25) is 0 Å². The fourth-order valence-electron chi connectivity index (χ4n) is 1.05. The SMILES string of the molecule is [S]c1ccc2ncccc2c1. The molecule has 2 rings (SSSR count). The van der Waals surface area contributed by atoms with Crippen molar-refractivity contribution in [2.24, 2.45) is 0 Å². The molecule has 0 fully saturated rings. The maximum atomic E-state index is 5.01. The zero-order chi connectivity index (χ0) is 7.68. The van der Waals surface area contributed by atoms with Crippen molar-refractivity contribution in [1.29, 1.82) is 0 Å². The average Bonchev–Trinajstić information content (AvgIpc) is 2.04. The molecule has 0 saturated heterocycles. The Labute approximate surface area is 70.5 Å². The van der Waals surface area contributed by atoms with E-state index in [2.05, 4.69) is 4.98 Å². The molecule has 2 aromatic rings. The van der Waals surface area contributed by atoms with Crippen LogP contribution >= 0.6 is 12.6 Å². The van der Waals surface area contributed by atoms with Crippen molar-refractivity contribution < 1.29 is 0 Å². The van der Waals surface area contributed by atoms with Crippen LogP contribution in [0.5, 0.6) is 0 Å². The van der Waals surface area contributed by atoms with E-state index < -0.39 is 0 Å². The quantitative estimate of drug-likeness (QED) is 0.577. The van der Waals surface area contributed by atoms with Gasteiger partial charge in [0, 0.05) is 16.5 Å². The number of aromatic nitrogens is 1. The fourth-order valence-corrected chi connectivity index (χ4v) is 1.25. The van der Waals surface area contributed by atoms with E-state index in [9.17, 15) is 0 Å². The van der Waals surface area contributed by atoms with E-state index in [1.807, 2.05) is 30.3 Å². The minimum Gasteiger partial charge on any atom is -0.256 e. The molecule has 0 unspecified atom stereocenters. The van der Waals surface area contributed by atoms with Gasteiger partial charge in [-0.25, -0.2) is 0 Å². The second-order valence-electron chi connectivity index (χ2n) is 2.36. The smallest absolute Gasteiger partial charge is 0.0702 e. The van der Waals surface area contributed by atoms with Crippen molar-refractivity contribution in [2.45, 2.75) is 4.90 Å². The van der Waals surface area contributed by atoms with Gasteiger partial charge >= 0.3 is 0 Å². The van der Waals surface area contributed by atoms with E-state index in [0.717, 1.165) is 15.8 Å². The molecule has 1 aromatic heterocycles. The Kier molecular flexibility index (Phi) is 1.47. The van der Waals surface area contributed by atoms with Crippen LogP contribution in [0.4, 0.5) is 0 Å². The molecule has 11 heavy (non-hydrogen) atoms. The molecule has 0 N–H and O–H groups in total. The average molecular weight is 160 g/mol. The minimum absolute atomic E-state index is 0.866. The molecule has 53 valence electrons. The topological polar surface area (TPSA) is 12.9 Å². The summed E-state index contributed by atoms with van der Waals surface area (Å²) in [4.78, 5) is 5.04. The molecule has 0 saturated carbocycles. The van der Waals surface area contributed by atoms with Gasteiger partial charge in [-0.05, 0) is 24.3 Å². The van der Waals surface area contributed by atoms with Crippen LogP contribution < -0.4 is 0 Å². The molecule has 0 aliphatic rings. The summed E-state index contributed by atoms with van der Waals surface area (Å²) in [5.74, 6) is 0. The molecular weight excluding hydrogens is 154 g/mol. The Morgan fingerprint density at radius 3 is 3.00 bits per heavy atom. The Bertz CT molecular complexity index is 384. The number of hydrogen-bond donors (Lipinski definition) is 0. The van der Waals surface area contributed by atoms with Crippen molar-refractivity contribution in [1.82, 2.24) is 4.98 Å². The van der Waals surface area contributed by atoms with Crippen LogP contribution in [-0.4, -0.2) is 4.98 Å². The zero-order valence-electron chi connectivity index (χ0n) is 5.82. The standard InChI is InChI=1S/C9H6NS/c11-8-3-4-9-7(6-8)2-1-5-10-9/h1-6H. The third-order valence-electron chi connectivity index (χ3n) is 1.57. The molecule has 0 spiro atoms. The number of fused-ring (bicyclic) bond motifs is 1. The lowest BCUT2D eigenvalue weighted by Gasteiger charge is -1.94. The number of rotatable bonds is 0. The van der Waals surface area contributed by atoms with E-state index in [1.165, 1.54) is 0 Å². The molecule has 1 aromatic carbocycles. The van der Waals surface area contributed by atoms with Crippen LogP contribution in [0.1, 0.15) is 0 Å². The number of nitrogens with zero attached hydrogens (tertiary/aromatic N) is 1. The monoisotopic (exact) mass is 160 g/mol. The number of pyridine rings is 1. The lowest BCUT2D eigenvalue weighted by atomic mass is 10.2. The van der Waals surface area contributed by atoms with E-state index >= 15 is 0 Å². The predicted molar refractivity (Wildman–Crippen MR) is 47.6 cm³/mol. The highest BCUT2D eigenvalue weighted by atomic mass is 32.1. The molecule has 0 aliphatic carbocycles. The van der Waals surface area contributed by atoms with Crippen LogP contribution in [-0.2, 0) is 0 Å². The second kappa shape index (κ2) is 2.47. The number of benzene rings is 1. The fraction of sp³-hybridized carbons (Fsp3) is 0.